The van der Waals surface area contributed by atoms with Crippen LogP contribution in [0.5, 0.6) is 0 Å². The number of carbonyl (C=O) groups excluding carboxylic acids is 1. The zero-order chi connectivity index (χ0) is 16.2. The molecule has 0 radical (unpaired) electrons. The summed E-state index contributed by atoms with van der Waals surface area (Å²) in [6.45, 7) is 5.29. The van der Waals surface area contributed by atoms with Gasteiger partial charge in [0.25, 0.3) is 0 Å². The molecule has 2 aromatic rings. The van der Waals surface area contributed by atoms with E-state index in [0.29, 0.717) is 18.8 Å². The second kappa shape index (κ2) is 7.14. The Kier molecular flexibility index (Phi) is 4.97. The molecule has 0 N–H and O–H groups in total. The van der Waals surface area contributed by atoms with Crippen LogP contribution in [0.3, 0.4) is 0 Å². The minimum Gasteiger partial charge on any atom is -0.372 e. The molecule has 1 saturated heterocycles. The quantitative estimate of drug-likeness (QED) is 0.802. The predicted molar refractivity (Wildman–Crippen MR) is 88.7 cm³/mol. The van der Waals surface area contributed by atoms with E-state index in [-0.39, 0.29) is 18.1 Å². The molecule has 122 valence electrons. The average molecular weight is 332 g/mol. The Balaban J connectivity index is 1.63. The third kappa shape index (κ3) is 3.92. The first-order valence-electron chi connectivity index (χ1n) is 7.65. The highest BCUT2D eigenvalue weighted by Crippen LogP contribution is 2.20. The van der Waals surface area contributed by atoms with E-state index >= 15 is 0 Å². The topological polar surface area (TPSA) is 60.2 Å². The van der Waals surface area contributed by atoms with E-state index in [2.05, 4.69) is 10.2 Å². The van der Waals surface area contributed by atoms with Crippen molar-refractivity contribution in [3.63, 3.8) is 0 Å². The van der Waals surface area contributed by atoms with E-state index < -0.39 is 0 Å². The molecule has 0 aliphatic carbocycles. The fourth-order valence-corrected chi connectivity index (χ4v) is 3.52. The third-order valence-corrected chi connectivity index (χ3v) is 4.58. The number of nitrogens with zero attached hydrogens (tertiary/aromatic N) is 4. The summed E-state index contributed by atoms with van der Waals surface area (Å²) in [5, 5.41) is 8.80. The molecule has 7 heteroatoms. The van der Waals surface area contributed by atoms with Gasteiger partial charge in [-0.05, 0) is 26.0 Å². The lowest BCUT2D eigenvalue weighted by molar-refractivity contribution is -0.140. The summed E-state index contributed by atoms with van der Waals surface area (Å²) >= 11 is 1.41. The van der Waals surface area contributed by atoms with Gasteiger partial charge in [-0.1, -0.05) is 30.0 Å². The van der Waals surface area contributed by atoms with Crippen LogP contribution in [0.15, 0.2) is 41.8 Å². The standard InChI is InChI=1S/C16H20N4O2S/c1-12-8-19(9-13(2)22-12)15(21)10-23-16-18-17-11-20(16)14-6-4-3-5-7-14/h3-7,11-13H,8-10H2,1-2H3/t12-,13-/m1/s1. The van der Waals surface area contributed by atoms with Gasteiger partial charge >= 0.3 is 0 Å². The lowest BCUT2D eigenvalue weighted by atomic mass is 10.2. The number of morpholine rings is 1. The molecule has 1 amide bonds. The van der Waals surface area contributed by atoms with Gasteiger partial charge in [0, 0.05) is 18.8 Å². The van der Waals surface area contributed by atoms with Gasteiger partial charge in [-0.3, -0.25) is 9.36 Å². The van der Waals surface area contributed by atoms with Gasteiger partial charge in [0.1, 0.15) is 6.33 Å². The van der Waals surface area contributed by atoms with E-state index in [1.165, 1.54) is 11.8 Å². The van der Waals surface area contributed by atoms with E-state index in [0.717, 1.165) is 10.8 Å². The molecule has 6 nitrogen and oxygen atoms in total. The molecule has 1 aromatic heterocycles. The number of hydrogen-bond donors (Lipinski definition) is 0. The van der Waals surface area contributed by atoms with Crippen LogP contribution in [0, 0.1) is 0 Å². The van der Waals surface area contributed by atoms with E-state index in [1.54, 1.807) is 6.33 Å². The number of amides is 1. The fraction of sp³-hybridized carbons (Fsp3) is 0.438. The average Bonchev–Trinajstić information content (AvgIpc) is 3.01. The van der Waals surface area contributed by atoms with Crippen LogP contribution in [-0.4, -0.2) is 56.6 Å². The van der Waals surface area contributed by atoms with Crippen LogP contribution in [0.4, 0.5) is 0 Å². The van der Waals surface area contributed by atoms with Crippen molar-refractivity contribution in [1.29, 1.82) is 0 Å². The number of rotatable bonds is 4. The molecule has 1 aromatic carbocycles. The van der Waals surface area contributed by atoms with Crippen molar-refractivity contribution in [2.75, 3.05) is 18.8 Å². The van der Waals surface area contributed by atoms with E-state index in [1.807, 2.05) is 53.6 Å². The van der Waals surface area contributed by atoms with Gasteiger partial charge in [0.05, 0.1) is 18.0 Å². The Hall–Kier alpha value is -1.86. The summed E-state index contributed by atoms with van der Waals surface area (Å²) in [5.41, 5.74) is 0.987. The second-order valence-corrected chi connectivity index (χ2v) is 6.61. The second-order valence-electron chi connectivity index (χ2n) is 5.66. The molecule has 0 saturated carbocycles. The largest absolute Gasteiger partial charge is 0.372 e. The molecule has 2 atom stereocenters. The zero-order valence-corrected chi connectivity index (χ0v) is 14.1. The first-order valence-corrected chi connectivity index (χ1v) is 8.63. The Morgan fingerprint density at radius 1 is 1.26 bits per heavy atom. The molecule has 1 aliphatic heterocycles. The van der Waals surface area contributed by atoms with Crippen LogP contribution >= 0.6 is 11.8 Å². The number of hydrogen-bond acceptors (Lipinski definition) is 5. The van der Waals surface area contributed by atoms with Gasteiger partial charge in [0.2, 0.25) is 5.91 Å². The summed E-state index contributed by atoms with van der Waals surface area (Å²) in [7, 11) is 0. The first-order chi connectivity index (χ1) is 11.1. The molecular formula is C16H20N4O2S. The highest BCUT2D eigenvalue weighted by Gasteiger charge is 2.26. The Bertz CT molecular complexity index is 651. The lowest BCUT2D eigenvalue weighted by Gasteiger charge is -2.35. The number of aromatic nitrogens is 3. The maximum Gasteiger partial charge on any atom is 0.233 e. The Labute approximate surface area is 139 Å². The van der Waals surface area contributed by atoms with Crippen molar-refractivity contribution in [3.05, 3.63) is 36.7 Å². The molecule has 1 aliphatic rings. The van der Waals surface area contributed by atoms with E-state index in [9.17, 15) is 4.79 Å². The van der Waals surface area contributed by atoms with Crippen molar-refractivity contribution in [3.8, 4) is 5.69 Å². The minimum absolute atomic E-state index is 0.0840. The molecule has 23 heavy (non-hydrogen) atoms. The van der Waals surface area contributed by atoms with Crippen molar-refractivity contribution < 1.29 is 9.53 Å². The summed E-state index contributed by atoms with van der Waals surface area (Å²) in [6.07, 6.45) is 1.84. The number of carbonyl (C=O) groups is 1. The van der Waals surface area contributed by atoms with Crippen LogP contribution in [0.1, 0.15) is 13.8 Å². The molecule has 2 heterocycles. The molecule has 3 rings (SSSR count). The number of thioether (sulfide) groups is 1. The number of para-hydroxylation sites is 1. The van der Waals surface area contributed by atoms with Crippen molar-refractivity contribution in [2.45, 2.75) is 31.2 Å². The van der Waals surface area contributed by atoms with Gasteiger partial charge in [0.15, 0.2) is 5.16 Å². The molecular weight excluding hydrogens is 312 g/mol. The monoisotopic (exact) mass is 332 g/mol. The number of ether oxygens (including phenoxy) is 1. The van der Waals surface area contributed by atoms with Crippen LogP contribution in [-0.2, 0) is 9.53 Å². The van der Waals surface area contributed by atoms with Gasteiger partial charge in [-0.25, -0.2) is 0 Å². The number of benzene rings is 1. The SMILES string of the molecule is C[C@@H]1CN(C(=O)CSc2nncn2-c2ccccc2)C[C@@H](C)O1. The van der Waals surface area contributed by atoms with Crippen LogP contribution in [0.2, 0.25) is 0 Å². The minimum atomic E-state index is 0.0840. The van der Waals surface area contributed by atoms with Crippen molar-refractivity contribution in [1.82, 2.24) is 19.7 Å². The zero-order valence-electron chi connectivity index (χ0n) is 13.3. The maximum atomic E-state index is 12.4. The normalized spacial score (nSPS) is 21.4. The third-order valence-electron chi connectivity index (χ3n) is 3.65. The summed E-state index contributed by atoms with van der Waals surface area (Å²) in [4.78, 5) is 14.3. The lowest BCUT2D eigenvalue weighted by Crippen LogP contribution is -2.48. The molecule has 1 fully saturated rings. The molecule has 0 bridgehead atoms. The maximum absolute atomic E-state index is 12.4. The van der Waals surface area contributed by atoms with Crippen molar-refractivity contribution >= 4 is 17.7 Å². The fourth-order valence-electron chi connectivity index (χ4n) is 2.69. The summed E-state index contributed by atoms with van der Waals surface area (Å²) in [6, 6.07) is 9.86. The van der Waals surface area contributed by atoms with Gasteiger partial charge < -0.3 is 9.64 Å². The predicted octanol–water partition coefficient (Wildman–Crippen LogP) is 2.00. The summed E-state index contributed by atoms with van der Waals surface area (Å²) < 4.78 is 7.56. The highest BCUT2D eigenvalue weighted by atomic mass is 32.2. The van der Waals surface area contributed by atoms with Crippen LogP contribution < -0.4 is 0 Å². The van der Waals surface area contributed by atoms with Gasteiger partial charge in [-0.2, -0.15) is 0 Å². The highest BCUT2D eigenvalue weighted by molar-refractivity contribution is 7.99. The first kappa shape index (κ1) is 16.0. The molecule has 0 unspecified atom stereocenters. The van der Waals surface area contributed by atoms with E-state index in [4.69, 9.17) is 4.74 Å². The molecule has 0 spiro atoms. The van der Waals surface area contributed by atoms with Crippen LogP contribution in [0.25, 0.3) is 5.69 Å². The Morgan fingerprint density at radius 3 is 2.65 bits per heavy atom. The summed E-state index contributed by atoms with van der Waals surface area (Å²) in [5.74, 6) is 0.463. The smallest absolute Gasteiger partial charge is 0.233 e. The Morgan fingerprint density at radius 2 is 1.96 bits per heavy atom. The van der Waals surface area contributed by atoms with Gasteiger partial charge in [-0.15, -0.1) is 10.2 Å². The van der Waals surface area contributed by atoms with Crippen molar-refractivity contribution in [2.24, 2.45) is 0 Å².